The third kappa shape index (κ3) is 5.09. The van der Waals surface area contributed by atoms with Gasteiger partial charge < -0.3 is 14.1 Å². The van der Waals surface area contributed by atoms with Crippen LogP contribution in [0.4, 0.5) is 0 Å². The van der Waals surface area contributed by atoms with Crippen LogP contribution in [0.5, 0.6) is 0 Å². The van der Waals surface area contributed by atoms with Crippen LogP contribution in [0.3, 0.4) is 0 Å². The molecule has 0 saturated carbocycles. The lowest BCUT2D eigenvalue weighted by Crippen LogP contribution is -2.40. The minimum atomic E-state index is -0.401. The number of methoxy groups -OCH3 is 1. The monoisotopic (exact) mass is 336 g/mol. The second-order valence-corrected chi connectivity index (χ2v) is 6.49. The molecular weight excluding hydrogens is 308 g/mol. The van der Waals surface area contributed by atoms with Gasteiger partial charge in [-0.05, 0) is 32.9 Å². The van der Waals surface area contributed by atoms with Gasteiger partial charge in [-0.1, -0.05) is 19.3 Å². The van der Waals surface area contributed by atoms with Crippen molar-refractivity contribution in [1.82, 2.24) is 9.80 Å². The summed E-state index contributed by atoms with van der Waals surface area (Å²) in [5.74, 6) is 0.967. The number of rotatable bonds is 5. The third-order valence-corrected chi connectivity index (χ3v) is 4.41. The molecule has 134 valence electrons. The lowest BCUT2D eigenvalue weighted by molar-refractivity contribution is -0.132. The van der Waals surface area contributed by atoms with Gasteiger partial charge in [0.25, 0.3) is 0 Å². The molecule has 0 N–H and O–H groups in total. The van der Waals surface area contributed by atoms with Gasteiger partial charge in [-0.2, -0.15) is 0 Å². The first kappa shape index (κ1) is 18.5. The van der Waals surface area contributed by atoms with E-state index in [0.717, 1.165) is 25.9 Å². The zero-order chi connectivity index (χ0) is 17.5. The Kier molecular flexibility index (Phi) is 6.85. The van der Waals surface area contributed by atoms with Gasteiger partial charge in [0, 0.05) is 13.1 Å². The number of hydrogen-bond donors (Lipinski definition) is 0. The average molecular weight is 336 g/mol. The van der Waals surface area contributed by atoms with E-state index in [4.69, 9.17) is 9.15 Å². The fourth-order valence-electron chi connectivity index (χ4n) is 3.08. The first-order valence-electron chi connectivity index (χ1n) is 8.65. The van der Waals surface area contributed by atoms with Crippen LogP contribution >= 0.6 is 0 Å². The van der Waals surface area contributed by atoms with Crippen LogP contribution in [0.25, 0.3) is 0 Å². The lowest BCUT2D eigenvalue weighted by atomic mass is 10.1. The molecule has 1 aromatic rings. The number of nitrogens with zero attached hydrogens (tertiary/aromatic N) is 2. The largest absolute Gasteiger partial charge is 0.465 e. The van der Waals surface area contributed by atoms with Crippen LogP contribution in [0.15, 0.2) is 10.5 Å². The van der Waals surface area contributed by atoms with E-state index in [2.05, 4.69) is 0 Å². The molecule has 0 aliphatic carbocycles. The van der Waals surface area contributed by atoms with Gasteiger partial charge in [0.2, 0.25) is 5.91 Å². The summed E-state index contributed by atoms with van der Waals surface area (Å²) in [7, 11) is 3.24. The number of ether oxygens (including phenoxy) is 1. The van der Waals surface area contributed by atoms with Gasteiger partial charge in [-0.3, -0.25) is 9.69 Å². The number of esters is 1. The first-order chi connectivity index (χ1) is 11.5. The Morgan fingerprint density at radius 3 is 2.46 bits per heavy atom. The maximum absolute atomic E-state index is 12.5. The summed E-state index contributed by atoms with van der Waals surface area (Å²) >= 11 is 0. The minimum Gasteiger partial charge on any atom is -0.465 e. The topological polar surface area (TPSA) is 63.0 Å². The van der Waals surface area contributed by atoms with Crippen molar-refractivity contribution in [2.24, 2.45) is 0 Å². The van der Waals surface area contributed by atoms with E-state index in [1.807, 2.05) is 16.8 Å². The fraction of sp³-hybridized carbons (Fsp3) is 0.667. The Labute approximate surface area is 143 Å². The van der Waals surface area contributed by atoms with Crippen LogP contribution in [0, 0.1) is 6.92 Å². The standard InChI is InChI=1S/C18H28N2O4/c1-14-16(18(22)23-3)11-15(24-14)12-19(2)13-17(21)20-9-7-5-4-6-8-10-20/h11H,4-10,12-13H2,1-3H3. The van der Waals surface area contributed by atoms with Crippen LogP contribution in [0.2, 0.25) is 0 Å². The summed E-state index contributed by atoms with van der Waals surface area (Å²) in [6.07, 6.45) is 5.89. The molecule has 2 heterocycles. The Morgan fingerprint density at radius 1 is 1.21 bits per heavy atom. The Hall–Kier alpha value is -1.82. The number of carbonyl (C=O) groups is 2. The van der Waals surface area contributed by atoms with Gasteiger partial charge in [0.1, 0.15) is 17.1 Å². The molecule has 1 aliphatic rings. The molecular formula is C18H28N2O4. The van der Waals surface area contributed by atoms with Gasteiger partial charge in [-0.25, -0.2) is 4.79 Å². The highest BCUT2D eigenvalue weighted by Gasteiger charge is 2.19. The Morgan fingerprint density at radius 2 is 1.83 bits per heavy atom. The van der Waals surface area contributed by atoms with Crippen LogP contribution in [-0.4, -0.2) is 55.5 Å². The van der Waals surface area contributed by atoms with E-state index in [9.17, 15) is 9.59 Å². The van der Waals surface area contributed by atoms with E-state index in [1.54, 1.807) is 13.0 Å². The summed E-state index contributed by atoms with van der Waals surface area (Å²) in [4.78, 5) is 28.0. The summed E-state index contributed by atoms with van der Waals surface area (Å²) in [5, 5.41) is 0. The molecule has 0 bridgehead atoms. The molecule has 0 unspecified atom stereocenters. The number of amides is 1. The molecule has 2 rings (SSSR count). The quantitative estimate of drug-likeness (QED) is 0.774. The summed E-state index contributed by atoms with van der Waals surface area (Å²) < 4.78 is 10.3. The van der Waals surface area contributed by atoms with Gasteiger partial charge in [0.05, 0.1) is 20.2 Å². The molecule has 1 aliphatic heterocycles. The van der Waals surface area contributed by atoms with Gasteiger partial charge >= 0.3 is 5.97 Å². The fourth-order valence-corrected chi connectivity index (χ4v) is 3.08. The molecule has 6 heteroatoms. The molecule has 1 fully saturated rings. The van der Waals surface area contributed by atoms with Crippen molar-refractivity contribution in [1.29, 1.82) is 0 Å². The average Bonchev–Trinajstić information content (AvgIpc) is 2.86. The van der Waals surface area contributed by atoms with E-state index < -0.39 is 5.97 Å². The Balaban J connectivity index is 1.89. The van der Waals surface area contributed by atoms with Crippen LogP contribution in [-0.2, 0) is 16.1 Å². The highest BCUT2D eigenvalue weighted by atomic mass is 16.5. The molecule has 0 atom stereocenters. The molecule has 1 aromatic heterocycles. The summed E-state index contributed by atoms with van der Waals surface area (Å²) in [6.45, 7) is 4.30. The minimum absolute atomic E-state index is 0.163. The predicted octanol–water partition coefficient (Wildman–Crippen LogP) is 2.60. The smallest absolute Gasteiger partial charge is 0.341 e. The number of hydrogen-bond acceptors (Lipinski definition) is 5. The number of furan rings is 1. The number of carbonyl (C=O) groups excluding carboxylic acids is 2. The van der Waals surface area contributed by atoms with E-state index in [1.165, 1.54) is 26.4 Å². The highest BCUT2D eigenvalue weighted by Crippen LogP contribution is 2.17. The molecule has 1 amide bonds. The second kappa shape index (κ2) is 8.87. The molecule has 0 spiro atoms. The maximum Gasteiger partial charge on any atom is 0.341 e. The maximum atomic E-state index is 12.5. The lowest BCUT2D eigenvalue weighted by Gasteiger charge is -2.26. The van der Waals surface area contributed by atoms with Crippen molar-refractivity contribution in [3.63, 3.8) is 0 Å². The number of likely N-dealkylation sites (N-methyl/N-ethyl adjacent to an activating group) is 1. The van der Waals surface area contributed by atoms with Crippen molar-refractivity contribution in [3.05, 3.63) is 23.2 Å². The van der Waals surface area contributed by atoms with Crippen molar-refractivity contribution >= 4 is 11.9 Å². The van der Waals surface area contributed by atoms with Crippen LogP contribution in [0.1, 0.15) is 54.0 Å². The van der Waals surface area contributed by atoms with Crippen molar-refractivity contribution in [3.8, 4) is 0 Å². The van der Waals surface area contributed by atoms with Crippen molar-refractivity contribution < 1.29 is 18.7 Å². The Bertz CT molecular complexity index is 559. The highest BCUT2D eigenvalue weighted by molar-refractivity contribution is 5.90. The number of likely N-dealkylation sites (tertiary alicyclic amines) is 1. The van der Waals surface area contributed by atoms with Gasteiger partial charge in [-0.15, -0.1) is 0 Å². The third-order valence-electron chi connectivity index (χ3n) is 4.41. The van der Waals surface area contributed by atoms with Gasteiger partial charge in [0.15, 0.2) is 0 Å². The van der Waals surface area contributed by atoms with Crippen molar-refractivity contribution in [2.75, 3.05) is 33.8 Å². The van der Waals surface area contributed by atoms with E-state index in [-0.39, 0.29) is 5.91 Å². The molecule has 24 heavy (non-hydrogen) atoms. The first-order valence-corrected chi connectivity index (χ1v) is 8.65. The molecule has 1 saturated heterocycles. The van der Waals surface area contributed by atoms with Crippen molar-refractivity contribution in [2.45, 2.75) is 45.6 Å². The SMILES string of the molecule is COC(=O)c1cc(CN(C)CC(=O)N2CCCCCCC2)oc1C. The normalized spacial score (nSPS) is 15.9. The van der Waals surface area contributed by atoms with Crippen LogP contribution < -0.4 is 0 Å². The zero-order valence-electron chi connectivity index (χ0n) is 15.0. The summed E-state index contributed by atoms with van der Waals surface area (Å²) in [6, 6.07) is 1.69. The summed E-state index contributed by atoms with van der Waals surface area (Å²) in [5.41, 5.74) is 0.441. The number of aryl methyl sites for hydroxylation is 1. The molecule has 0 aromatic carbocycles. The van der Waals surface area contributed by atoms with E-state index >= 15 is 0 Å². The zero-order valence-corrected chi connectivity index (χ0v) is 15.0. The molecule has 6 nitrogen and oxygen atoms in total. The molecule has 0 radical (unpaired) electrons. The predicted molar refractivity (Wildman–Crippen MR) is 90.8 cm³/mol. The van der Waals surface area contributed by atoms with E-state index in [0.29, 0.717) is 30.2 Å². The second-order valence-electron chi connectivity index (χ2n) is 6.49.